The zero-order chi connectivity index (χ0) is 14.0. The summed E-state index contributed by atoms with van der Waals surface area (Å²) in [6.07, 6.45) is 10.4. The molecule has 2 N–H and O–H groups in total. The van der Waals surface area contributed by atoms with E-state index in [1.807, 2.05) is 0 Å². The topological polar surface area (TPSA) is 49.3 Å². The van der Waals surface area contributed by atoms with Gasteiger partial charge < -0.3 is 10.4 Å². The Hall–Kier alpha value is -0.570. The highest BCUT2D eigenvalue weighted by atomic mass is 16.3. The normalized spacial score (nSPS) is 47.9. The summed E-state index contributed by atoms with van der Waals surface area (Å²) in [7, 11) is 0. The molecule has 0 aliphatic heterocycles. The van der Waals surface area contributed by atoms with Gasteiger partial charge in [0.05, 0.1) is 17.6 Å². The number of aliphatic hydroxyl groups excluding tert-OH is 1. The molecule has 0 aromatic carbocycles. The smallest absolute Gasteiger partial charge is 0.226 e. The lowest BCUT2D eigenvalue weighted by Crippen LogP contribution is -2.63. The van der Waals surface area contributed by atoms with Crippen LogP contribution in [0, 0.1) is 22.7 Å². The number of amides is 1. The Balaban J connectivity index is 1.56. The second-order valence-corrected chi connectivity index (χ2v) is 8.80. The van der Waals surface area contributed by atoms with E-state index < -0.39 is 0 Å². The zero-order valence-electron chi connectivity index (χ0n) is 12.6. The molecule has 20 heavy (non-hydrogen) atoms. The molecule has 112 valence electrons. The summed E-state index contributed by atoms with van der Waals surface area (Å²) in [5, 5.41) is 12.9. The van der Waals surface area contributed by atoms with Crippen LogP contribution in [0.4, 0.5) is 0 Å². The van der Waals surface area contributed by atoms with Crippen LogP contribution < -0.4 is 5.32 Å². The monoisotopic (exact) mass is 277 g/mol. The number of hydrogen-bond donors (Lipinski definition) is 2. The van der Waals surface area contributed by atoms with E-state index in [0.29, 0.717) is 5.41 Å². The maximum Gasteiger partial charge on any atom is 0.226 e. The van der Waals surface area contributed by atoms with E-state index in [-0.39, 0.29) is 23.5 Å². The fourth-order valence-corrected chi connectivity index (χ4v) is 6.29. The first-order valence-electron chi connectivity index (χ1n) is 8.40. The Morgan fingerprint density at radius 2 is 1.85 bits per heavy atom. The molecule has 3 heteroatoms. The highest BCUT2D eigenvalue weighted by Gasteiger charge is 2.59. The van der Waals surface area contributed by atoms with Crippen LogP contribution in [-0.2, 0) is 4.79 Å². The lowest BCUT2D eigenvalue weighted by atomic mass is 9.44. The van der Waals surface area contributed by atoms with Crippen molar-refractivity contribution < 1.29 is 9.90 Å². The molecule has 5 aliphatic rings. The molecule has 0 spiro atoms. The summed E-state index contributed by atoms with van der Waals surface area (Å²) in [5.41, 5.74) is 0.0331. The van der Waals surface area contributed by atoms with Crippen LogP contribution in [0.1, 0.15) is 64.7 Å². The second kappa shape index (κ2) is 4.00. The SMILES string of the molecule is CC12CC3CC(C1)CC(C(=O)NC1(CO)CCC1)(C3)C2. The van der Waals surface area contributed by atoms with Crippen molar-refractivity contribution in [1.29, 1.82) is 0 Å². The summed E-state index contributed by atoms with van der Waals surface area (Å²) in [6.45, 7) is 2.51. The molecule has 2 atom stereocenters. The first-order chi connectivity index (χ1) is 9.47. The van der Waals surface area contributed by atoms with Gasteiger partial charge in [-0.25, -0.2) is 0 Å². The van der Waals surface area contributed by atoms with E-state index in [1.54, 1.807) is 0 Å². The molecule has 0 heterocycles. The molecule has 0 aromatic heterocycles. The molecule has 0 saturated heterocycles. The van der Waals surface area contributed by atoms with Gasteiger partial charge in [0, 0.05) is 0 Å². The van der Waals surface area contributed by atoms with Crippen molar-refractivity contribution in [2.24, 2.45) is 22.7 Å². The molecule has 5 rings (SSSR count). The summed E-state index contributed by atoms with van der Waals surface area (Å²) < 4.78 is 0. The Labute approximate surface area is 121 Å². The Morgan fingerprint density at radius 1 is 1.20 bits per heavy atom. The van der Waals surface area contributed by atoms with Crippen LogP contribution in [0.2, 0.25) is 0 Å². The van der Waals surface area contributed by atoms with Gasteiger partial charge in [-0.2, -0.15) is 0 Å². The van der Waals surface area contributed by atoms with Gasteiger partial charge in [-0.1, -0.05) is 6.92 Å². The van der Waals surface area contributed by atoms with Crippen molar-refractivity contribution in [3.05, 3.63) is 0 Å². The molecule has 1 amide bonds. The van der Waals surface area contributed by atoms with Crippen LogP contribution in [0.25, 0.3) is 0 Å². The fraction of sp³-hybridized carbons (Fsp3) is 0.941. The molecule has 5 saturated carbocycles. The average Bonchev–Trinajstić information content (AvgIpc) is 2.30. The van der Waals surface area contributed by atoms with Crippen molar-refractivity contribution in [2.45, 2.75) is 70.3 Å². The van der Waals surface area contributed by atoms with E-state index in [4.69, 9.17) is 0 Å². The average molecular weight is 277 g/mol. The minimum Gasteiger partial charge on any atom is -0.394 e. The highest BCUT2D eigenvalue weighted by molar-refractivity contribution is 5.84. The minimum absolute atomic E-state index is 0.101. The fourth-order valence-electron chi connectivity index (χ4n) is 6.29. The van der Waals surface area contributed by atoms with Gasteiger partial charge in [-0.3, -0.25) is 4.79 Å². The molecule has 0 aromatic rings. The third kappa shape index (κ3) is 1.78. The number of aliphatic hydroxyl groups is 1. The summed E-state index contributed by atoms with van der Waals surface area (Å²) in [4.78, 5) is 13.0. The maximum atomic E-state index is 13.0. The van der Waals surface area contributed by atoms with Crippen molar-refractivity contribution in [3.8, 4) is 0 Å². The Morgan fingerprint density at radius 3 is 2.30 bits per heavy atom. The van der Waals surface area contributed by atoms with Gasteiger partial charge in [0.2, 0.25) is 5.91 Å². The van der Waals surface area contributed by atoms with Crippen LogP contribution in [0.15, 0.2) is 0 Å². The van der Waals surface area contributed by atoms with Gasteiger partial charge in [-0.15, -0.1) is 0 Å². The molecule has 3 nitrogen and oxygen atoms in total. The third-order valence-electron chi connectivity index (χ3n) is 6.83. The number of hydrogen-bond acceptors (Lipinski definition) is 2. The molecular weight excluding hydrogens is 250 g/mol. The molecule has 0 radical (unpaired) electrons. The first-order valence-corrected chi connectivity index (χ1v) is 8.40. The second-order valence-electron chi connectivity index (χ2n) is 8.80. The largest absolute Gasteiger partial charge is 0.394 e. The predicted molar refractivity (Wildman–Crippen MR) is 77.0 cm³/mol. The maximum absolute atomic E-state index is 13.0. The van der Waals surface area contributed by atoms with Crippen LogP contribution >= 0.6 is 0 Å². The zero-order valence-corrected chi connectivity index (χ0v) is 12.6. The molecule has 4 bridgehead atoms. The minimum atomic E-state index is -0.276. The van der Waals surface area contributed by atoms with Gasteiger partial charge >= 0.3 is 0 Å². The lowest BCUT2D eigenvalue weighted by Gasteiger charge is -2.61. The van der Waals surface area contributed by atoms with E-state index in [9.17, 15) is 9.90 Å². The van der Waals surface area contributed by atoms with Crippen molar-refractivity contribution in [1.82, 2.24) is 5.32 Å². The number of nitrogens with one attached hydrogen (secondary N) is 1. The van der Waals surface area contributed by atoms with Gasteiger partial charge in [0.25, 0.3) is 0 Å². The highest BCUT2D eigenvalue weighted by Crippen LogP contribution is 2.65. The standard InChI is InChI=1S/C17H27NO2/c1-15-6-12-5-13(7-15)9-16(8-12,10-15)14(20)18-17(11-19)3-2-4-17/h12-13,19H,2-11H2,1H3,(H,18,20). The van der Waals surface area contributed by atoms with Crippen LogP contribution in [0.3, 0.4) is 0 Å². The van der Waals surface area contributed by atoms with E-state index >= 15 is 0 Å². The third-order valence-corrected chi connectivity index (χ3v) is 6.83. The first kappa shape index (κ1) is 13.1. The van der Waals surface area contributed by atoms with Crippen LogP contribution in [0.5, 0.6) is 0 Å². The molecular formula is C17H27NO2. The van der Waals surface area contributed by atoms with E-state index in [1.165, 1.54) is 19.3 Å². The number of rotatable bonds is 3. The van der Waals surface area contributed by atoms with Crippen molar-refractivity contribution in [2.75, 3.05) is 6.61 Å². The van der Waals surface area contributed by atoms with Gasteiger partial charge in [-0.05, 0) is 75.0 Å². The van der Waals surface area contributed by atoms with E-state index in [2.05, 4.69) is 12.2 Å². The summed E-state index contributed by atoms with van der Waals surface area (Å²) in [6, 6.07) is 0. The Bertz CT molecular complexity index is 421. The van der Waals surface area contributed by atoms with E-state index in [0.717, 1.165) is 50.4 Å². The molecule has 5 aliphatic carbocycles. The summed E-state index contributed by atoms with van der Waals surface area (Å²) in [5.74, 6) is 1.82. The van der Waals surface area contributed by atoms with Gasteiger partial charge in [0.1, 0.15) is 0 Å². The number of carbonyl (C=O) groups is 1. The molecule has 5 fully saturated rings. The van der Waals surface area contributed by atoms with Crippen molar-refractivity contribution >= 4 is 5.91 Å². The van der Waals surface area contributed by atoms with Crippen LogP contribution in [-0.4, -0.2) is 23.2 Å². The van der Waals surface area contributed by atoms with Crippen molar-refractivity contribution in [3.63, 3.8) is 0 Å². The predicted octanol–water partition coefficient (Wildman–Crippen LogP) is 2.62. The Kier molecular flexibility index (Phi) is 2.62. The van der Waals surface area contributed by atoms with Gasteiger partial charge in [0.15, 0.2) is 0 Å². The number of carbonyl (C=O) groups excluding carboxylic acids is 1. The lowest BCUT2D eigenvalue weighted by molar-refractivity contribution is -0.159. The summed E-state index contributed by atoms with van der Waals surface area (Å²) >= 11 is 0. The quantitative estimate of drug-likeness (QED) is 0.833. The molecule has 2 unspecified atom stereocenters.